The minimum absolute atomic E-state index is 0.650. The van der Waals surface area contributed by atoms with E-state index in [1.807, 2.05) is 0 Å². The van der Waals surface area contributed by atoms with Gasteiger partial charge in [0.15, 0.2) is 0 Å². The second-order valence-corrected chi connectivity index (χ2v) is 4.17. The second kappa shape index (κ2) is 3.95. The summed E-state index contributed by atoms with van der Waals surface area (Å²) in [6.45, 7) is 11.2. The first-order valence-electron chi connectivity index (χ1n) is 5.37. The van der Waals surface area contributed by atoms with Crippen LogP contribution in [0.15, 0.2) is 0 Å². The molecule has 2 aliphatic rings. The number of morpholine rings is 1. The summed E-state index contributed by atoms with van der Waals surface area (Å²) in [6, 6.07) is 1.36. The fourth-order valence-electron chi connectivity index (χ4n) is 2.51. The molecule has 0 saturated carbocycles. The van der Waals surface area contributed by atoms with Gasteiger partial charge < -0.3 is 9.64 Å². The molecule has 2 heterocycles. The number of hydrogen-bond donors (Lipinski definition) is 0. The van der Waals surface area contributed by atoms with Crippen molar-refractivity contribution in [2.45, 2.75) is 25.9 Å². The Kier molecular flexibility index (Phi) is 2.86. The monoisotopic (exact) mass is 184 g/mol. The molecule has 2 saturated heterocycles. The Hall–Kier alpha value is -0.120. The zero-order valence-electron chi connectivity index (χ0n) is 8.70. The van der Waals surface area contributed by atoms with Crippen molar-refractivity contribution >= 4 is 0 Å². The van der Waals surface area contributed by atoms with E-state index in [1.165, 1.54) is 19.6 Å². The summed E-state index contributed by atoms with van der Waals surface area (Å²) in [4.78, 5) is 5.14. The van der Waals surface area contributed by atoms with Crippen LogP contribution in [0, 0.1) is 0 Å². The van der Waals surface area contributed by atoms with E-state index in [-0.39, 0.29) is 0 Å². The number of ether oxygens (including phenoxy) is 1. The quantitative estimate of drug-likeness (QED) is 0.587. The molecule has 0 aromatic carbocycles. The molecular formula is C10H20N2O. The molecule has 2 aliphatic heterocycles. The predicted molar refractivity (Wildman–Crippen MR) is 52.9 cm³/mol. The largest absolute Gasteiger partial charge is 0.378 e. The molecule has 3 nitrogen and oxygen atoms in total. The maximum Gasteiger partial charge on any atom is 0.0635 e. The highest BCUT2D eigenvalue weighted by atomic mass is 16.5. The Morgan fingerprint density at radius 1 is 1.38 bits per heavy atom. The summed E-state index contributed by atoms with van der Waals surface area (Å²) in [5.74, 6) is 0. The van der Waals surface area contributed by atoms with Gasteiger partial charge in [-0.1, -0.05) is 6.92 Å². The molecule has 2 atom stereocenters. The smallest absolute Gasteiger partial charge is 0.0635 e. The lowest BCUT2D eigenvalue weighted by atomic mass is 10.1. The third kappa shape index (κ3) is 1.87. The van der Waals surface area contributed by atoms with E-state index >= 15 is 0 Å². The maximum absolute atomic E-state index is 5.51. The topological polar surface area (TPSA) is 15.7 Å². The van der Waals surface area contributed by atoms with Crippen LogP contribution in [0.5, 0.6) is 0 Å². The summed E-state index contributed by atoms with van der Waals surface area (Å²) >= 11 is 0. The Bertz CT molecular complexity index is 174. The van der Waals surface area contributed by atoms with Crippen LogP contribution >= 0.6 is 0 Å². The van der Waals surface area contributed by atoms with Gasteiger partial charge in [-0.2, -0.15) is 0 Å². The van der Waals surface area contributed by atoms with Gasteiger partial charge in [-0.3, -0.25) is 4.90 Å². The molecule has 0 radical (unpaired) electrons. The van der Waals surface area contributed by atoms with Crippen LogP contribution in [-0.2, 0) is 4.74 Å². The Labute approximate surface area is 80.6 Å². The maximum atomic E-state index is 5.51. The van der Waals surface area contributed by atoms with Crippen LogP contribution in [0.4, 0.5) is 0 Å². The molecule has 76 valence electrons. The first-order valence-corrected chi connectivity index (χ1v) is 5.37. The van der Waals surface area contributed by atoms with Crippen molar-refractivity contribution in [2.24, 2.45) is 0 Å². The Balaban J connectivity index is 1.99. The average Bonchev–Trinajstić information content (AvgIpc) is 2.18. The summed E-state index contributed by atoms with van der Waals surface area (Å²) < 4.78 is 5.51. The van der Waals surface area contributed by atoms with Crippen LogP contribution in [0.1, 0.15) is 13.8 Å². The van der Waals surface area contributed by atoms with Crippen molar-refractivity contribution in [3.63, 3.8) is 0 Å². The fourth-order valence-corrected chi connectivity index (χ4v) is 2.51. The molecule has 0 spiro atoms. The summed E-state index contributed by atoms with van der Waals surface area (Å²) in [5.41, 5.74) is 0. The Morgan fingerprint density at radius 3 is 3.00 bits per heavy atom. The SMILES string of the molecule is CCN1CC2COCCN2[C@@H](C)C1. The van der Waals surface area contributed by atoms with Crippen LogP contribution in [0.2, 0.25) is 0 Å². The van der Waals surface area contributed by atoms with Crippen LogP contribution < -0.4 is 0 Å². The van der Waals surface area contributed by atoms with Crippen molar-refractivity contribution in [1.82, 2.24) is 9.80 Å². The Morgan fingerprint density at radius 2 is 2.23 bits per heavy atom. The van der Waals surface area contributed by atoms with E-state index < -0.39 is 0 Å². The summed E-state index contributed by atoms with van der Waals surface area (Å²) in [5, 5.41) is 0. The highest BCUT2D eigenvalue weighted by molar-refractivity contribution is 4.88. The van der Waals surface area contributed by atoms with E-state index in [2.05, 4.69) is 23.6 Å². The zero-order valence-corrected chi connectivity index (χ0v) is 8.70. The number of rotatable bonds is 1. The van der Waals surface area contributed by atoms with Gasteiger partial charge in [0, 0.05) is 31.7 Å². The number of fused-ring (bicyclic) bond motifs is 1. The molecule has 3 heteroatoms. The number of hydrogen-bond acceptors (Lipinski definition) is 3. The minimum atomic E-state index is 0.650. The lowest BCUT2D eigenvalue weighted by Crippen LogP contribution is -2.61. The molecule has 0 aromatic heterocycles. The number of piperazine rings is 1. The first-order chi connectivity index (χ1) is 6.31. The van der Waals surface area contributed by atoms with Gasteiger partial charge in [0.2, 0.25) is 0 Å². The van der Waals surface area contributed by atoms with Gasteiger partial charge >= 0.3 is 0 Å². The van der Waals surface area contributed by atoms with Crippen LogP contribution in [0.3, 0.4) is 0 Å². The van der Waals surface area contributed by atoms with Gasteiger partial charge in [-0.25, -0.2) is 0 Å². The lowest BCUT2D eigenvalue weighted by Gasteiger charge is -2.47. The third-order valence-electron chi connectivity index (χ3n) is 3.28. The second-order valence-electron chi connectivity index (χ2n) is 4.17. The zero-order chi connectivity index (χ0) is 9.26. The highest BCUT2D eigenvalue weighted by Crippen LogP contribution is 2.18. The number of likely N-dealkylation sites (N-methyl/N-ethyl adjacent to an activating group) is 1. The normalized spacial score (nSPS) is 37.4. The predicted octanol–water partition coefficient (Wildman–Crippen LogP) is 0.411. The molecule has 0 bridgehead atoms. The molecule has 1 unspecified atom stereocenters. The molecule has 2 fully saturated rings. The van der Waals surface area contributed by atoms with Crippen molar-refractivity contribution in [3.05, 3.63) is 0 Å². The van der Waals surface area contributed by atoms with Gasteiger partial charge in [-0.15, -0.1) is 0 Å². The molecule has 0 aliphatic carbocycles. The van der Waals surface area contributed by atoms with Crippen LogP contribution in [-0.4, -0.2) is 61.3 Å². The van der Waals surface area contributed by atoms with Crippen molar-refractivity contribution < 1.29 is 4.74 Å². The van der Waals surface area contributed by atoms with E-state index in [9.17, 15) is 0 Å². The molecule has 2 rings (SSSR count). The van der Waals surface area contributed by atoms with E-state index in [4.69, 9.17) is 4.74 Å². The molecule has 0 N–H and O–H groups in total. The highest BCUT2D eigenvalue weighted by Gasteiger charge is 2.33. The number of nitrogens with zero attached hydrogens (tertiary/aromatic N) is 2. The minimum Gasteiger partial charge on any atom is -0.378 e. The standard InChI is InChI=1S/C10H20N2O/c1-3-11-6-9(2)12-4-5-13-8-10(12)7-11/h9-10H,3-8H2,1-2H3/t9-,10?/m0/s1. The third-order valence-corrected chi connectivity index (χ3v) is 3.28. The van der Waals surface area contributed by atoms with E-state index in [1.54, 1.807) is 0 Å². The summed E-state index contributed by atoms with van der Waals surface area (Å²) in [6.07, 6.45) is 0. The van der Waals surface area contributed by atoms with Crippen molar-refractivity contribution in [2.75, 3.05) is 39.4 Å². The lowest BCUT2D eigenvalue weighted by molar-refractivity contribution is -0.0670. The van der Waals surface area contributed by atoms with Crippen molar-refractivity contribution in [3.8, 4) is 0 Å². The van der Waals surface area contributed by atoms with Gasteiger partial charge in [0.25, 0.3) is 0 Å². The van der Waals surface area contributed by atoms with Gasteiger partial charge in [0.05, 0.1) is 13.2 Å². The van der Waals surface area contributed by atoms with Gasteiger partial charge in [0.1, 0.15) is 0 Å². The summed E-state index contributed by atoms with van der Waals surface area (Å²) in [7, 11) is 0. The first kappa shape index (κ1) is 9.44. The molecular weight excluding hydrogens is 164 g/mol. The molecule has 13 heavy (non-hydrogen) atoms. The average molecular weight is 184 g/mol. The van der Waals surface area contributed by atoms with E-state index in [0.29, 0.717) is 12.1 Å². The van der Waals surface area contributed by atoms with E-state index in [0.717, 1.165) is 19.8 Å². The van der Waals surface area contributed by atoms with Crippen LogP contribution in [0.25, 0.3) is 0 Å². The van der Waals surface area contributed by atoms with Gasteiger partial charge in [-0.05, 0) is 13.5 Å². The molecule has 0 aromatic rings. The fraction of sp³-hybridized carbons (Fsp3) is 1.00. The molecule has 0 amide bonds. The van der Waals surface area contributed by atoms with Crippen molar-refractivity contribution in [1.29, 1.82) is 0 Å².